The highest BCUT2D eigenvalue weighted by atomic mass is 16.1. The molecule has 0 amide bonds. The Hall–Kier alpha value is -2.93. The van der Waals surface area contributed by atoms with Crippen molar-refractivity contribution in [3.05, 3.63) is 119 Å². The fourth-order valence-corrected chi connectivity index (χ4v) is 4.37. The Morgan fingerprint density at radius 3 is 1.85 bits per heavy atom. The summed E-state index contributed by atoms with van der Waals surface area (Å²) in [6.07, 6.45) is 3.18. The molecule has 3 atom stereocenters. The Balaban J connectivity index is 1.82. The van der Waals surface area contributed by atoms with Gasteiger partial charge in [0, 0.05) is 23.3 Å². The standard InChI is InChI=1S/C26H24O/c1-19-17-23(20-11-5-2-6-12-20)25(21-13-7-3-8-14-21)24(18-19)26(27)22-15-9-4-10-16-22/h2-17,23-25H,18H2,1H3. The molecule has 4 rings (SSSR count). The van der Waals surface area contributed by atoms with Gasteiger partial charge in [0.15, 0.2) is 5.78 Å². The van der Waals surface area contributed by atoms with Crippen LogP contribution in [0.5, 0.6) is 0 Å². The zero-order valence-electron chi connectivity index (χ0n) is 15.6. The van der Waals surface area contributed by atoms with E-state index in [-0.39, 0.29) is 23.5 Å². The van der Waals surface area contributed by atoms with Crippen molar-refractivity contribution in [1.29, 1.82) is 0 Å². The molecule has 134 valence electrons. The van der Waals surface area contributed by atoms with Crippen molar-refractivity contribution in [1.82, 2.24) is 0 Å². The number of hydrogen-bond acceptors (Lipinski definition) is 1. The van der Waals surface area contributed by atoms with Crippen LogP contribution in [0, 0.1) is 5.92 Å². The van der Waals surface area contributed by atoms with Crippen LogP contribution in [0.15, 0.2) is 103 Å². The maximum absolute atomic E-state index is 13.5. The Morgan fingerprint density at radius 2 is 1.26 bits per heavy atom. The van der Waals surface area contributed by atoms with E-state index in [2.05, 4.69) is 61.5 Å². The van der Waals surface area contributed by atoms with Crippen LogP contribution in [-0.4, -0.2) is 5.78 Å². The minimum absolute atomic E-state index is 0.0509. The third-order valence-electron chi connectivity index (χ3n) is 5.59. The van der Waals surface area contributed by atoms with Crippen LogP contribution in [-0.2, 0) is 0 Å². The molecule has 3 unspecified atom stereocenters. The molecule has 27 heavy (non-hydrogen) atoms. The molecule has 1 aliphatic carbocycles. The lowest BCUT2D eigenvalue weighted by Gasteiger charge is -2.37. The van der Waals surface area contributed by atoms with Crippen molar-refractivity contribution in [2.45, 2.75) is 25.2 Å². The molecule has 0 fully saturated rings. The number of allylic oxidation sites excluding steroid dienone is 2. The molecule has 0 saturated carbocycles. The molecular weight excluding hydrogens is 328 g/mol. The van der Waals surface area contributed by atoms with Gasteiger partial charge in [-0.05, 0) is 24.5 Å². The molecule has 1 heteroatoms. The van der Waals surface area contributed by atoms with Crippen molar-refractivity contribution < 1.29 is 4.79 Å². The predicted octanol–water partition coefficient (Wildman–Crippen LogP) is 6.40. The molecule has 0 radical (unpaired) electrons. The first-order valence-electron chi connectivity index (χ1n) is 9.60. The van der Waals surface area contributed by atoms with Gasteiger partial charge in [0.1, 0.15) is 0 Å². The average molecular weight is 352 g/mol. The van der Waals surface area contributed by atoms with Gasteiger partial charge in [-0.1, -0.05) is 103 Å². The second kappa shape index (κ2) is 7.75. The van der Waals surface area contributed by atoms with Crippen LogP contribution in [0.3, 0.4) is 0 Å². The van der Waals surface area contributed by atoms with Crippen LogP contribution in [0.1, 0.15) is 46.7 Å². The van der Waals surface area contributed by atoms with Crippen LogP contribution in [0.2, 0.25) is 0 Å². The van der Waals surface area contributed by atoms with Crippen molar-refractivity contribution in [2.24, 2.45) is 5.92 Å². The topological polar surface area (TPSA) is 17.1 Å². The van der Waals surface area contributed by atoms with E-state index in [1.807, 2.05) is 42.5 Å². The highest BCUT2D eigenvalue weighted by Crippen LogP contribution is 2.47. The van der Waals surface area contributed by atoms with Crippen molar-refractivity contribution >= 4 is 5.78 Å². The Bertz CT molecular complexity index is 926. The molecule has 0 aromatic heterocycles. The summed E-state index contributed by atoms with van der Waals surface area (Å²) in [5.74, 6) is 0.549. The molecule has 1 aliphatic rings. The largest absolute Gasteiger partial charge is 0.294 e. The number of hydrogen-bond donors (Lipinski definition) is 0. The van der Waals surface area contributed by atoms with Crippen molar-refractivity contribution in [3.63, 3.8) is 0 Å². The summed E-state index contributed by atoms with van der Waals surface area (Å²) >= 11 is 0. The lowest BCUT2D eigenvalue weighted by Crippen LogP contribution is -2.30. The van der Waals surface area contributed by atoms with E-state index < -0.39 is 0 Å². The van der Waals surface area contributed by atoms with Gasteiger partial charge in [-0.3, -0.25) is 4.79 Å². The van der Waals surface area contributed by atoms with Crippen LogP contribution in [0.4, 0.5) is 0 Å². The first-order chi connectivity index (χ1) is 13.2. The van der Waals surface area contributed by atoms with E-state index >= 15 is 0 Å². The Labute approximate surface area is 161 Å². The molecule has 0 aliphatic heterocycles. The minimum atomic E-state index is -0.0509. The van der Waals surface area contributed by atoms with Gasteiger partial charge in [-0.25, -0.2) is 0 Å². The Morgan fingerprint density at radius 1 is 0.741 bits per heavy atom. The summed E-state index contributed by atoms with van der Waals surface area (Å²) in [6.45, 7) is 2.16. The molecule has 3 aromatic rings. The second-order valence-corrected chi connectivity index (χ2v) is 7.43. The van der Waals surface area contributed by atoms with E-state index in [9.17, 15) is 4.79 Å². The number of benzene rings is 3. The third kappa shape index (κ3) is 3.64. The van der Waals surface area contributed by atoms with Gasteiger partial charge in [-0.2, -0.15) is 0 Å². The number of carbonyl (C=O) groups excluding carboxylic acids is 1. The lowest BCUT2D eigenvalue weighted by molar-refractivity contribution is 0.0888. The van der Waals surface area contributed by atoms with E-state index in [4.69, 9.17) is 0 Å². The van der Waals surface area contributed by atoms with Gasteiger partial charge in [0.2, 0.25) is 0 Å². The first kappa shape index (κ1) is 17.5. The lowest BCUT2D eigenvalue weighted by atomic mass is 9.66. The number of rotatable bonds is 4. The van der Waals surface area contributed by atoms with E-state index in [1.165, 1.54) is 16.7 Å². The van der Waals surface area contributed by atoms with Crippen LogP contribution < -0.4 is 0 Å². The molecule has 0 spiro atoms. The molecule has 0 heterocycles. The molecule has 1 nitrogen and oxygen atoms in total. The van der Waals surface area contributed by atoms with Crippen molar-refractivity contribution in [3.8, 4) is 0 Å². The summed E-state index contributed by atoms with van der Waals surface area (Å²) in [4.78, 5) is 13.5. The highest BCUT2D eigenvalue weighted by Gasteiger charge is 2.38. The maximum Gasteiger partial charge on any atom is 0.166 e. The quantitative estimate of drug-likeness (QED) is 0.392. The van der Waals surface area contributed by atoms with Gasteiger partial charge in [0.05, 0.1) is 0 Å². The highest BCUT2D eigenvalue weighted by molar-refractivity contribution is 5.98. The Kier molecular flexibility index (Phi) is 5.02. The second-order valence-electron chi connectivity index (χ2n) is 7.43. The van der Waals surface area contributed by atoms with Crippen LogP contribution in [0.25, 0.3) is 0 Å². The molecule has 0 N–H and O–H groups in total. The normalized spacial score (nSPS) is 22.1. The van der Waals surface area contributed by atoms with Gasteiger partial charge in [0.25, 0.3) is 0 Å². The SMILES string of the molecule is CC1=CC(c2ccccc2)C(c2ccccc2)C(C(=O)c2ccccc2)C1. The number of ketones is 1. The fraction of sp³-hybridized carbons (Fsp3) is 0.192. The van der Waals surface area contributed by atoms with Gasteiger partial charge >= 0.3 is 0 Å². The van der Waals surface area contributed by atoms with E-state index in [0.717, 1.165) is 12.0 Å². The summed E-state index contributed by atoms with van der Waals surface area (Å²) in [5, 5.41) is 0. The fourth-order valence-electron chi connectivity index (χ4n) is 4.37. The minimum Gasteiger partial charge on any atom is -0.294 e. The van der Waals surface area contributed by atoms with Crippen LogP contribution >= 0.6 is 0 Å². The first-order valence-corrected chi connectivity index (χ1v) is 9.60. The maximum atomic E-state index is 13.5. The summed E-state index contributed by atoms with van der Waals surface area (Å²) < 4.78 is 0. The zero-order valence-corrected chi connectivity index (χ0v) is 15.6. The monoisotopic (exact) mass is 352 g/mol. The number of carbonyl (C=O) groups is 1. The molecule has 0 saturated heterocycles. The smallest absolute Gasteiger partial charge is 0.166 e. The summed E-state index contributed by atoms with van der Waals surface area (Å²) in [7, 11) is 0. The van der Waals surface area contributed by atoms with E-state index in [1.54, 1.807) is 0 Å². The summed E-state index contributed by atoms with van der Waals surface area (Å²) in [5.41, 5.74) is 4.62. The summed E-state index contributed by atoms with van der Waals surface area (Å²) in [6, 6.07) is 30.9. The average Bonchev–Trinajstić information content (AvgIpc) is 2.74. The molecule has 0 bridgehead atoms. The van der Waals surface area contributed by atoms with Crippen molar-refractivity contribution in [2.75, 3.05) is 0 Å². The predicted molar refractivity (Wildman–Crippen MR) is 111 cm³/mol. The molecule has 3 aromatic carbocycles. The zero-order chi connectivity index (χ0) is 18.6. The molecular formula is C26H24O. The third-order valence-corrected chi connectivity index (χ3v) is 5.59. The van der Waals surface area contributed by atoms with E-state index in [0.29, 0.717) is 0 Å². The van der Waals surface area contributed by atoms with Gasteiger partial charge in [-0.15, -0.1) is 0 Å². The number of Topliss-reactive ketones (excluding diaryl/α,β-unsaturated/α-hetero) is 1. The van der Waals surface area contributed by atoms with Gasteiger partial charge < -0.3 is 0 Å².